The van der Waals surface area contributed by atoms with Crippen LogP contribution in [0.25, 0.3) is 0 Å². The summed E-state index contributed by atoms with van der Waals surface area (Å²) in [6.07, 6.45) is 11.2. The largest absolute Gasteiger partial charge is 0.469 e. The summed E-state index contributed by atoms with van der Waals surface area (Å²) in [5.74, 6) is 3.02. The fourth-order valence-electron chi connectivity index (χ4n) is 3.35. The Morgan fingerprint density at radius 2 is 2.19 bits per heavy atom. The van der Waals surface area contributed by atoms with Crippen molar-refractivity contribution in [3.8, 4) is 0 Å². The lowest BCUT2D eigenvalue weighted by Crippen LogP contribution is -2.41. The maximum absolute atomic E-state index is 5.41. The zero-order chi connectivity index (χ0) is 18.0. The van der Waals surface area contributed by atoms with Crippen molar-refractivity contribution in [3.63, 3.8) is 0 Å². The predicted octanol–water partition coefficient (Wildman–Crippen LogP) is 4.82. The van der Waals surface area contributed by atoms with Crippen LogP contribution >= 0.6 is 35.3 Å². The third kappa shape index (κ3) is 7.81. The monoisotopic (exact) mass is 502 g/mol. The lowest BCUT2D eigenvalue weighted by atomic mass is 9.89. The van der Waals surface area contributed by atoms with Crippen LogP contribution < -0.4 is 10.6 Å². The van der Waals surface area contributed by atoms with Gasteiger partial charge in [0.25, 0.3) is 0 Å². The molecule has 0 aromatic carbocycles. The minimum atomic E-state index is 0. The number of rotatable bonds is 8. The van der Waals surface area contributed by atoms with E-state index in [0.29, 0.717) is 5.92 Å². The minimum absolute atomic E-state index is 0. The number of furan rings is 1. The van der Waals surface area contributed by atoms with Gasteiger partial charge in [-0.15, -0.1) is 35.3 Å². The third-order valence-electron chi connectivity index (χ3n) is 4.92. The van der Waals surface area contributed by atoms with E-state index in [9.17, 15) is 0 Å². The van der Waals surface area contributed by atoms with E-state index in [0.717, 1.165) is 48.7 Å². The first-order chi connectivity index (χ1) is 12.8. The average Bonchev–Trinajstić information content (AvgIpc) is 3.38. The van der Waals surface area contributed by atoms with Gasteiger partial charge in [-0.25, -0.2) is 4.98 Å². The van der Waals surface area contributed by atoms with E-state index in [1.165, 1.54) is 32.1 Å². The number of thiazole rings is 1. The van der Waals surface area contributed by atoms with E-state index in [4.69, 9.17) is 9.41 Å². The second-order valence-electron chi connectivity index (χ2n) is 7.10. The zero-order valence-electron chi connectivity index (χ0n) is 16.0. The molecule has 5 nitrogen and oxygen atoms in total. The second-order valence-corrected chi connectivity index (χ2v) is 8.03. The van der Waals surface area contributed by atoms with Crippen molar-refractivity contribution in [1.29, 1.82) is 0 Å². The van der Waals surface area contributed by atoms with Crippen molar-refractivity contribution >= 4 is 41.3 Å². The molecule has 0 radical (unpaired) electrons. The molecular formula is C20H31IN4OS. The van der Waals surface area contributed by atoms with Gasteiger partial charge in [0.05, 0.1) is 17.8 Å². The van der Waals surface area contributed by atoms with E-state index in [-0.39, 0.29) is 24.0 Å². The first-order valence-corrected chi connectivity index (χ1v) is 10.6. The Labute approximate surface area is 183 Å². The lowest BCUT2D eigenvalue weighted by molar-refractivity contribution is 0.355. The van der Waals surface area contributed by atoms with Crippen LogP contribution in [0.3, 0.4) is 0 Å². The summed E-state index contributed by atoms with van der Waals surface area (Å²) in [4.78, 5) is 9.22. The summed E-state index contributed by atoms with van der Waals surface area (Å²) in [5, 5.41) is 10.2. The number of hydrogen-bond donors (Lipinski definition) is 2. The normalized spacial score (nSPS) is 16.6. The van der Waals surface area contributed by atoms with Gasteiger partial charge >= 0.3 is 0 Å². The van der Waals surface area contributed by atoms with Crippen LogP contribution in [-0.2, 0) is 6.42 Å². The van der Waals surface area contributed by atoms with E-state index in [1.54, 1.807) is 17.6 Å². The first-order valence-electron chi connectivity index (χ1n) is 9.75. The molecule has 0 bridgehead atoms. The molecule has 27 heavy (non-hydrogen) atoms. The average molecular weight is 502 g/mol. The minimum Gasteiger partial charge on any atom is -0.469 e. The summed E-state index contributed by atoms with van der Waals surface area (Å²) < 4.78 is 5.41. The standard InChI is InChI=1S/C20H30N4OS.HI/c1-16(19-21-11-13-26-19)14-23-20(22-10-9-18-8-5-12-25-18)24-15-17-6-3-2-4-7-17;/h5,8,11-13,16-17H,2-4,6-7,9-10,14-15H2,1H3,(H2,22,23,24);1H. The molecule has 3 rings (SSSR count). The number of nitrogens with zero attached hydrogens (tertiary/aromatic N) is 2. The summed E-state index contributed by atoms with van der Waals surface area (Å²) in [5.41, 5.74) is 0. The maximum Gasteiger partial charge on any atom is 0.191 e. The van der Waals surface area contributed by atoms with Gasteiger partial charge in [0.1, 0.15) is 5.76 Å². The molecule has 2 aromatic heterocycles. The van der Waals surface area contributed by atoms with E-state index < -0.39 is 0 Å². The Balaban J connectivity index is 0.00000261. The van der Waals surface area contributed by atoms with Crippen LogP contribution in [0, 0.1) is 5.92 Å². The lowest BCUT2D eigenvalue weighted by Gasteiger charge is -2.23. The number of nitrogens with one attached hydrogen (secondary N) is 2. The van der Waals surface area contributed by atoms with Crippen LogP contribution in [-0.4, -0.2) is 30.6 Å². The molecule has 1 unspecified atom stereocenters. The van der Waals surface area contributed by atoms with Crippen LogP contribution in [0.4, 0.5) is 0 Å². The van der Waals surface area contributed by atoms with Gasteiger partial charge in [0.2, 0.25) is 0 Å². The Bertz CT molecular complexity index is 639. The van der Waals surface area contributed by atoms with Crippen LogP contribution in [0.1, 0.15) is 55.7 Å². The molecule has 1 aliphatic carbocycles. The number of halogens is 1. The molecule has 1 saturated carbocycles. The Morgan fingerprint density at radius 3 is 2.89 bits per heavy atom. The fraction of sp³-hybridized carbons (Fsp3) is 0.600. The van der Waals surface area contributed by atoms with Crippen molar-refractivity contribution in [2.24, 2.45) is 10.9 Å². The van der Waals surface area contributed by atoms with Crippen molar-refractivity contribution < 1.29 is 4.42 Å². The highest BCUT2D eigenvalue weighted by atomic mass is 127. The molecule has 0 amide bonds. The molecule has 7 heteroatoms. The number of hydrogen-bond acceptors (Lipinski definition) is 4. The molecule has 0 aliphatic heterocycles. The van der Waals surface area contributed by atoms with Gasteiger partial charge < -0.3 is 15.1 Å². The summed E-state index contributed by atoms with van der Waals surface area (Å²) in [6, 6.07) is 3.94. The molecule has 1 fully saturated rings. The van der Waals surface area contributed by atoms with E-state index in [1.807, 2.05) is 23.7 Å². The highest BCUT2D eigenvalue weighted by molar-refractivity contribution is 14.0. The Morgan fingerprint density at radius 1 is 1.33 bits per heavy atom. The smallest absolute Gasteiger partial charge is 0.191 e. The molecule has 2 aromatic rings. The molecule has 0 spiro atoms. The highest BCUT2D eigenvalue weighted by Crippen LogP contribution is 2.22. The molecule has 1 atom stereocenters. The van der Waals surface area contributed by atoms with Crippen LogP contribution in [0.2, 0.25) is 0 Å². The van der Waals surface area contributed by atoms with E-state index >= 15 is 0 Å². The SMILES string of the molecule is CC(CN=C(NCCc1ccco1)NCC1CCCCC1)c1nccs1.I. The third-order valence-corrected chi connectivity index (χ3v) is 5.93. The molecule has 150 valence electrons. The highest BCUT2D eigenvalue weighted by Gasteiger charge is 2.14. The Hall–Kier alpha value is -1.09. The van der Waals surface area contributed by atoms with Crippen molar-refractivity contribution in [1.82, 2.24) is 15.6 Å². The van der Waals surface area contributed by atoms with Gasteiger partial charge in [-0.1, -0.05) is 26.2 Å². The zero-order valence-corrected chi connectivity index (χ0v) is 19.2. The van der Waals surface area contributed by atoms with Gasteiger partial charge in [-0.2, -0.15) is 0 Å². The van der Waals surface area contributed by atoms with Crippen molar-refractivity contribution in [2.75, 3.05) is 19.6 Å². The second kappa shape index (κ2) is 12.4. The van der Waals surface area contributed by atoms with Gasteiger partial charge in [-0.3, -0.25) is 4.99 Å². The van der Waals surface area contributed by atoms with Crippen molar-refractivity contribution in [3.05, 3.63) is 40.7 Å². The van der Waals surface area contributed by atoms with Gasteiger partial charge in [0, 0.05) is 37.0 Å². The predicted molar refractivity (Wildman–Crippen MR) is 123 cm³/mol. The van der Waals surface area contributed by atoms with E-state index in [2.05, 4.69) is 22.5 Å². The number of aliphatic imine (C=N–C) groups is 1. The maximum atomic E-state index is 5.41. The molecule has 2 N–H and O–H groups in total. The van der Waals surface area contributed by atoms with Gasteiger partial charge in [0.15, 0.2) is 5.96 Å². The summed E-state index contributed by atoms with van der Waals surface area (Å²) in [7, 11) is 0. The van der Waals surface area contributed by atoms with Crippen molar-refractivity contribution in [2.45, 2.75) is 51.4 Å². The topological polar surface area (TPSA) is 62.5 Å². The quantitative estimate of drug-likeness (QED) is 0.309. The molecule has 2 heterocycles. The van der Waals surface area contributed by atoms with Crippen LogP contribution in [0.15, 0.2) is 39.4 Å². The molecular weight excluding hydrogens is 471 g/mol. The summed E-state index contributed by atoms with van der Waals surface area (Å²) in [6.45, 7) is 4.76. The van der Waals surface area contributed by atoms with Crippen LogP contribution in [0.5, 0.6) is 0 Å². The number of guanidine groups is 1. The Kier molecular flexibility index (Phi) is 10.2. The molecule has 1 aliphatic rings. The summed E-state index contributed by atoms with van der Waals surface area (Å²) >= 11 is 1.70. The van der Waals surface area contributed by atoms with Gasteiger partial charge in [-0.05, 0) is 30.9 Å². The first kappa shape index (κ1) is 22.2. The fourth-order valence-corrected chi connectivity index (χ4v) is 4.04. The molecule has 0 saturated heterocycles. The number of aromatic nitrogens is 1.